The van der Waals surface area contributed by atoms with Crippen molar-refractivity contribution in [3.05, 3.63) is 53.8 Å². The summed E-state index contributed by atoms with van der Waals surface area (Å²) in [5, 5.41) is 2.67. The largest absolute Gasteiger partial charge is 0.492 e. The Morgan fingerprint density at radius 1 is 1.29 bits per heavy atom. The number of carbonyl (C=O) groups excluding carboxylic acids is 1. The molecule has 3 rings (SSSR count). The van der Waals surface area contributed by atoms with Gasteiger partial charge in [-0.05, 0) is 48.9 Å². The monoisotopic (exact) mass is 408 g/mol. The average molecular weight is 408 g/mol. The van der Waals surface area contributed by atoms with Gasteiger partial charge in [0.1, 0.15) is 23.9 Å². The van der Waals surface area contributed by atoms with Crippen LogP contribution >= 0.6 is 0 Å². The van der Waals surface area contributed by atoms with Crippen LogP contribution in [0.15, 0.2) is 42.5 Å². The lowest BCUT2D eigenvalue weighted by Gasteiger charge is -2.34. The van der Waals surface area contributed by atoms with Gasteiger partial charge in [0.05, 0.1) is 25.0 Å². The van der Waals surface area contributed by atoms with Crippen LogP contribution in [0.1, 0.15) is 5.56 Å². The number of halogens is 1. The number of nitrogens with one attached hydrogen (secondary N) is 1. The molecular weight excluding hydrogens is 387 g/mol. The lowest BCUT2D eigenvalue weighted by atomic mass is 10.1. The summed E-state index contributed by atoms with van der Waals surface area (Å²) in [6.45, 7) is 2.11. The maximum Gasteiger partial charge on any atom is 0.263 e. The smallest absolute Gasteiger partial charge is 0.263 e. The number of hydrogen-bond donors (Lipinski definition) is 1. The number of aryl methyl sites for hydroxylation is 1. The fourth-order valence-corrected chi connectivity index (χ4v) is 3.71. The van der Waals surface area contributed by atoms with Crippen LogP contribution in [0.3, 0.4) is 0 Å². The molecule has 0 fully saturated rings. The summed E-state index contributed by atoms with van der Waals surface area (Å²) in [4.78, 5) is 12.5. The fourth-order valence-electron chi connectivity index (χ4n) is 2.80. The van der Waals surface area contributed by atoms with Gasteiger partial charge in [0.2, 0.25) is 10.0 Å². The molecule has 0 unspecified atom stereocenters. The normalized spacial score (nSPS) is 16.1. The van der Waals surface area contributed by atoms with Crippen molar-refractivity contribution < 1.29 is 27.1 Å². The van der Waals surface area contributed by atoms with Crippen LogP contribution in [0, 0.1) is 12.7 Å². The molecule has 1 N–H and O–H groups in total. The number of hydrogen-bond acceptors (Lipinski definition) is 5. The third-order valence-electron chi connectivity index (χ3n) is 4.16. The zero-order chi connectivity index (χ0) is 20.3. The second kappa shape index (κ2) is 8.05. The van der Waals surface area contributed by atoms with E-state index < -0.39 is 22.0 Å². The number of nitrogens with zero attached hydrogens (tertiary/aromatic N) is 1. The Bertz CT molecular complexity index is 963. The van der Waals surface area contributed by atoms with Gasteiger partial charge in [-0.1, -0.05) is 6.07 Å². The molecule has 0 bridgehead atoms. The van der Waals surface area contributed by atoms with Crippen LogP contribution in [0.25, 0.3) is 0 Å². The Labute approximate surface area is 163 Å². The molecule has 1 amide bonds. The van der Waals surface area contributed by atoms with Crippen molar-refractivity contribution in [2.75, 3.05) is 30.3 Å². The van der Waals surface area contributed by atoms with Crippen molar-refractivity contribution in [3.8, 4) is 11.5 Å². The summed E-state index contributed by atoms with van der Waals surface area (Å²) >= 11 is 0. The van der Waals surface area contributed by atoms with Gasteiger partial charge in [0.15, 0.2) is 6.10 Å². The predicted molar refractivity (Wildman–Crippen MR) is 103 cm³/mol. The summed E-state index contributed by atoms with van der Waals surface area (Å²) in [5.41, 5.74) is 1.30. The minimum absolute atomic E-state index is 0.112. The summed E-state index contributed by atoms with van der Waals surface area (Å²) in [6, 6.07) is 10.7. The number of ether oxygens (including phenoxy) is 2. The Kier molecular flexibility index (Phi) is 5.73. The molecule has 150 valence electrons. The molecule has 7 nitrogen and oxygen atoms in total. The minimum Gasteiger partial charge on any atom is -0.492 e. The first-order valence-corrected chi connectivity index (χ1v) is 10.5. The van der Waals surface area contributed by atoms with E-state index in [9.17, 15) is 17.6 Å². The molecule has 0 aliphatic carbocycles. The highest BCUT2D eigenvalue weighted by molar-refractivity contribution is 7.92. The highest BCUT2D eigenvalue weighted by Crippen LogP contribution is 2.35. The molecule has 1 atom stereocenters. The summed E-state index contributed by atoms with van der Waals surface area (Å²) in [7, 11) is -3.57. The number of fused-ring (bicyclic) bond motifs is 1. The summed E-state index contributed by atoms with van der Waals surface area (Å²) in [6.07, 6.45) is 0.114. The number of anilines is 1. The molecule has 9 heteroatoms. The summed E-state index contributed by atoms with van der Waals surface area (Å²) in [5.74, 6) is 0.0289. The van der Waals surface area contributed by atoms with Crippen LogP contribution in [0.5, 0.6) is 11.5 Å². The number of amides is 1. The molecule has 0 saturated carbocycles. The quantitative estimate of drug-likeness (QED) is 0.738. The van der Waals surface area contributed by atoms with Gasteiger partial charge in [0, 0.05) is 0 Å². The second-order valence-electron chi connectivity index (χ2n) is 6.47. The maximum atomic E-state index is 12.9. The molecule has 0 saturated heterocycles. The van der Waals surface area contributed by atoms with E-state index in [0.29, 0.717) is 17.2 Å². The van der Waals surface area contributed by atoms with Crippen LogP contribution in [-0.2, 0) is 14.8 Å². The van der Waals surface area contributed by atoms with Crippen molar-refractivity contribution in [3.63, 3.8) is 0 Å². The van der Waals surface area contributed by atoms with Crippen molar-refractivity contribution in [2.24, 2.45) is 0 Å². The first-order valence-electron chi connectivity index (χ1n) is 8.65. The lowest BCUT2D eigenvalue weighted by Crippen LogP contribution is -2.51. The molecule has 1 aliphatic rings. The molecule has 2 aromatic rings. The second-order valence-corrected chi connectivity index (χ2v) is 8.37. The number of carbonyl (C=O) groups is 1. The first-order chi connectivity index (χ1) is 13.2. The predicted octanol–water partition coefficient (Wildman–Crippen LogP) is 1.86. The fraction of sp³-hybridized carbons (Fsp3) is 0.316. The maximum absolute atomic E-state index is 12.9. The van der Waals surface area contributed by atoms with Crippen LogP contribution in [-0.4, -0.2) is 46.4 Å². The van der Waals surface area contributed by atoms with Crippen molar-refractivity contribution in [2.45, 2.75) is 13.0 Å². The van der Waals surface area contributed by atoms with Gasteiger partial charge in [-0.2, -0.15) is 0 Å². The summed E-state index contributed by atoms with van der Waals surface area (Å²) < 4.78 is 49.4. The zero-order valence-electron chi connectivity index (χ0n) is 15.5. The van der Waals surface area contributed by atoms with Gasteiger partial charge in [-0.3, -0.25) is 9.10 Å². The van der Waals surface area contributed by atoms with E-state index in [2.05, 4.69) is 5.32 Å². The Morgan fingerprint density at radius 2 is 2.00 bits per heavy atom. The van der Waals surface area contributed by atoms with Crippen LogP contribution in [0.4, 0.5) is 10.1 Å². The number of benzene rings is 2. The number of rotatable bonds is 6. The van der Waals surface area contributed by atoms with E-state index in [1.807, 2.05) is 6.92 Å². The van der Waals surface area contributed by atoms with Gasteiger partial charge >= 0.3 is 0 Å². The topological polar surface area (TPSA) is 84.9 Å². The van der Waals surface area contributed by atoms with E-state index in [4.69, 9.17) is 9.47 Å². The highest BCUT2D eigenvalue weighted by atomic mass is 32.2. The molecule has 2 aromatic carbocycles. The average Bonchev–Trinajstić information content (AvgIpc) is 2.64. The van der Waals surface area contributed by atoms with Crippen molar-refractivity contribution in [1.29, 1.82) is 0 Å². The molecule has 1 aliphatic heterocycles. The van der Waals surface area contributed by atoms with Crippen molar-refractivity contribution >= 4 is 21.6 Å². The van der Waals surface area contributed by atoms with Crippen LogP contribution in [0.2, 0.25) is 0 Å². The third-order valence-corrected chi connectivity index (χ3v) is 5.31. The standard InChI is InChI=1S/C19H21FN2O5S/c1-13-3-8-16-17(11-13)27-18(12-22(16)28(2,24)25)19(23)21-9-10-26-15-6-4-14(20)5-7-15/h3-8,11,18H,9-10,12H2,1-2H3,(H,21,23)/t18-/m1/s1. The van der Waals surface area contributed by atoms with E-state index in [1.165, 1.54) is 28.6 Å². The highest BCUT2D eigenvalue weighted by Gasteiger charge is 2.34. The lowest BCUT2D eigenvalue weighted by molar-refractivity contribution is -0.127. The molecular formula is C19H21FN2O5S. The molecule has 1 heterocycles. The van der Waals surface area contributed by atoms with Gasteiger partial charge < -0.3 is 14.8 Å². The zero-order valence-corrected chi connectivity index (χ0v) is 16.3. The molecule has 28 heavy (non-hydrogen) atoms. The Balaban J connectivity index is 1.61. The Morgan fingerprint density at radius 3 is 2.68 bits per heavy atom. The van der Waals surface area contributed by atoms with Gasteiger partial charge in [-0.15, -0.1) is 0 Å². The molecule has 0 radical (unpaired) electrons. The SMILES string of the molecule is Cc1ccc2c(c1)O[C@@H](C(=O)NCCOc1ccc(F)cc1)CN2S(C)(=O)=O. The van der Waals surface area contributed by atoms with Gasteiger partial charge in [0.25, 0.3) is 5.91 Å². The van der Waals surface area contributed by atoms with Gasteiger partial charge in [-0.25, -0.2) is 12.8 Å². The minimum atomic E-state index is -3.57. The Hall–Kier alpha value is -2.81. The number of sulfonamides is 1. The molecule has 0 spiro atoms. The van der Waals surface area contributed by atoms with Crippen molar-refractivity contribution in [1.82, 2.24) is 5.32 Å². The van der Waals surface area contributed by atoms with E-state index in [-0.39, 0.29) is 25.5 Å². The third kappa shape index (κ3) is 4.72. The van der Waals surface area contributed by atoms with E-state index in [1.54, 1.807) is 18.2 Å². The van der Waals surface area contributed by atoms with E-state index in [0.717, 1.165) is 11.8 Å². The molecule has 0 aromatic heterocycles. The van der Waals surface area contributed by atoms with Crippen LogP contribution < -0.4 is 19.1 Å². The first kappa shape index (κ1) is 19.9. The van der Waals surface area contributed by atoms with E-state index >= 15 is 0 Å².